The molecule has 0 fully saturated rings. The van der Waals surface area contributed by atoms with Gasteiger partial charge in [-0.1, -0.05) is 19.1 Å². The van der Waals surface area contributed by atoms with Crippen LogP contribution in [0.2, 0.25) is 0 Å². The van der Waals surface area contributed by atoms with Crippen molar-refractivity contribution in [3.8, 4) is 0 Å². The van der Waals surface area contributed by atoms with Gasteiger partial charge in [-0.25, -0.2) is 8.78 Å². The summed E-state index contributed by atoms with van der Waals surface area (Å²) in [6.07, 6.45) is 2.47. The molecule has 1 heterocycles. The smallest absolute Gasteiger partial charge is 0.163 e. The lowest BCUT2D eigenvalue weighted by atomic mass is 10.0. The number of benzene rings is 1. The normalized spacial score (nSPS) is 12.6. The molecule has 0 saturated carbocycles. The second-order valence-electron chi connectivity index (χ2n) is 3.86. The Bertz CT molecular complexity index is 502. The highest BCUT2D eigenvalue weighted by Gasteiger charge is 2.21. The molecule has 0 radical (unpaired) electrons. The van der Waals surface area contributed by atoms with Gasteiger partial charge in [-0.15, -0.1) is 0 Å². The fourth-order valence-corrected chi connectivity index (χ4v) is 2.15. The maximum atomic E-state index is 13.8. The lowest BCUT2D eigenvalue weighted by molar-refractivity contribution is 0.478. The molecule has 1 N–H and O–H groups in total. The Kier molecular flexibility index (Phi) is 4.33. The van der Waals surface area contributed by atoms with Crippen molar-refractivity contribution in [2.75, 3.05) is 6.54 Å². The molecule has 6 heteroatoms. The van der Waals surface area contributed by atoms with Crippen LogP contribution in [-0.2, 0) is 0 Å². The summed E-state index contributed by atoms with van der Waals surface area (Å²) >= 11 is 1.05. The van der Waals surface area contributed by atoms with Gasteiger partial charge in [-0.05, 0) is 19.0 Å². The van der Waals surface area contributed by atoms with Crippen LogP contribution in [0, 0.1) is 11.6 Å². The summed E-state index contributed by atoms with van der Waals surface area (Å²) in [5.74, 6) is -1.68. The molecule has 0 spiro atoms. The molecule has 0 aliphatic rings. The highest BCUT2D eigenvalue weighted by Crippen LogP contribution is 2.24. The van der Waals surface area contributed by atoms with Crippen LogP contribution in [0.3, 0.4) is 0 Å². The van der Waals surface area contributed by atoms with Crippen molar-refractivity contribution < 1.29 is 8.78 Å². The summed E-state index contributed by atoms with van der Waals surface area (Å²) in [7, 11) is 0. The monoisotopic (exact) mass is 269 g/mol. The minimum absolute atomic E-state index is 0.260. The molecule has 18 heavy (non-hydrogen) atoms. The first-order chi connectivity index (χ1) is 8.74. The van der Waals surface area contributed by atoms with E-state index in [2.05, 4.69) is 14.1 Å². The van der Waals surface area contributed by atoms with E-state index in [1.807, 2.05) is 6.92 Å². The predicted molar refractivity (Wildman–Crippen MR) is 66.4 cm³/mol. The molecule has 1 aromatic carbocycles. The third kappa shape index (κ3) is 2.70. The van der Waals surface area contributed by atoms with Crippen molar-refractivity contribution in [3.63, 3.8) is 0 Å². The quantitative estimate of drug-likeness (QED) is 0.907. The first kappa shape index (κ1) is 13.0. The van der Waals surface area contributed by atoms with E-state index in [-0.39, 0.29) is 5.56 Å². The van der Waals surface area contributed by atoms with Crippen LogP contribution in [0.1, 0.15) is 30.6 Å². The molecule has 1 atom stereocenters. The van der Waals surface area contributed by atoms with Gasteiger partial charge in [-0.3, -0.25) is 0 Å². The first-order valence-corrected chi connectivity index (χ1v) is 6.41. The Morgan fingerprint density at radius 2 is 2.22 bits per heavy atom. The molecule has 0 aliphatic heterocycles. The Balaban J connectivity index is 2.37. The minimum Gasteiger partial charge on any atom is -0.305 e. The van der Waals surface area contributed by atoms with Crippen LogP contribution in [0.5, 0.6) is 0 Å². The minimum atomic E-state index is -0.848. The summed E-state index contributed by atoms with van der Waals surface area (Å²) in [5.41, 5.74) is 0.870. The van der Waals surface area contributed by atoms with E-state index in [9.17, 15) is 8.78 Å². The maximum absolute atomic E-state index is 13.8. The van der Waals surface area contributed by atoms with Gasteiger partial charge in [0.2, 0.25) is 0 Å². The summed E-state index contributed by atoms with van der Waals surface area (Å²) in [4.78, 5) is 0. The van der Waals surface area contributed by atoms with Crippen molar-refractivity contribution >= 4 is 11.7 Å². The van der Waals surface area contributed by atoms with Crippen LogP contribution in [0.15, 0.2) is 24.4 Å². The zero-order valence-electron chi connectivity index (χ0n) is 9.86. The topological polar surface area (TPSA) is 37.8 Å². The van der Waals surface area contributed by atoms with Crippen LogP contribution in [0.4, 0.5) is 8.78 Å². The molecular formula is C12H13F2N3S. The van der Waals surface area contributed by atoms with Gasteiger partial charge in [-0.2, -0.15) is 8.75 Å². The Labute approximate surface area is 108 Å². The maximum Gasteiger partial charge on any atom is 0.163 e. The third-order valence-electron chi connectivity index (χ3n) is 2.57. The third-order valence-corrected chi connectivity index (χ3v) is 3.06. The van der Waals surface area contributed by atoms with Gasteiger partial charge in [0, 0.05) is 5.56 Å². The van der Waals surface area contributed by atoms with Crippen molar-refractivity contribution in [1.29, 1.82) is 0 Å². The van der Waals surface area contributed by atoms with Gasteiger partial charge in [0.15, 0.2) is 11.6 Å². The molecule has 1 aromatic heterocycles. The van der Waals surface area contributed by atoms with Crippen LogP contribution < -0.4 is 5.32 Å². The van der Waals surface area contributed by atoms with E-state index in [1.165, 1.54) is 6.07 Å². The van der Waals surface area contributed by atoms with E-state index >= 15 is 0 Å². The van der Waals surface area contributed by atoms with Gasteiger partial charge < -0.3 is 5.32 Å². The molecule has 96 valence electrons. The zero-order valence-corrected chi connectivity index (χ0v) is 10.7. The van der Waals surface area contributed by atoms with E-state index in [4.69, 9.17) is 0 Å². The first-order valence-electron chi connectivity index (χ1n) is 5.68. The molecule has 1 unspecified atom stereocenters. The number of hydrogen-bond donors (Lipinski definition) is 1. The van der Waals surface area contributed by atoms with Crippen molar-refractivity contribution in [1.82, 2.24) is 14.1 Å². The second-order valence-corrected chi connectivity index (χ2v) is 4.42. The number of nitrogens with one attached hydrogen (secondary N) is 1. The summed E-state index contributed by atoms with van der Waals surface area (Å²) in [5, 5.41) is 3.15. The highest BCUT2D eigenvalue weighted by molar-refractivity contribution is 6.99. The largest absolute Gasteiger partial charge is 0.305 e. The van der Waals surface area contributed by atoms with Crippen molar-refractivity contribution in [3.05, 3.63) is 47.3 Å². The zero-order chi connectivity index (χ0) is 13.0. The fourth-order valence-electron chi connectivity index (χ4n) is 1.71. The molecular weight excluding hydrogens is 256 g/mol. The van der Waals surface area contributed by atoms with Crippen LogP contribution in [-0.4, -0.2) is 15.3 Å². The van der Waals surface area contributed by atoms with E-state index < -0.39 is 17.7 Å². The molecule has 2 rings (SSSR count). The summed E-state index contributed by atoms with van der Waals surface area (Å²) in [6, 6.07) is 3.70. The van der Waals surface area contributed by atoms with Gasteiger partial charge >= 0.3 is 0 Å². The lowest BCUT2D eigenvalue weighted by Gasteiger charge is -2.17. The van der Waals surface area contributed by atoms with E-state index in [0.29, 0.717) is 12.2 Å². The SMILES string of the molecule is CCCNC(c1cnsn1)c1cccc(F)c1F. The predicted octanol–water partition coefficient (Wildman–Crippen LogP) is 2.91. The van der Waals surface area contributed by atoms with E-state index in [0.717, 1.165) is 24.2 Å². The van der Waals surface area contributed by atoms with Crippen LogP contribution >= 0.6 is 11.7 Å². The number of nitrogens with zero attached hydrogens (tertiary/aromatic N) is 2. The number of hydrogen-bond acceptors (Lipinski definition) is 4. The average Bonchev–Trinajstić information content (AvgIpc) is 2.88. The molecule has 0 bridgehead atoms. The molecule has 3 nitrogen and oxygen atoms in total. The van der Waals surface area contributed by atoms with Gasteiger partial charge in [0.25, 0.3) is 0 Å². The summed E-state index contributed by atoms with van der Waals surface area (Å²) < 4.78 is 35.1. The van der Waals surface area contributed by atoms with Crippen molar-refractivity contribution in [2.24, 2.45) is 0 Å². The average molecular weight is 269 g/mol. The van der Waals surface area contributed by atoms with Gasteiger partial charge in [0.1, 0.15) is 0 Å². The van der Waals surface area contributed by atoms with Crippen molar-refractivity contribution in [2.45, 2.75) is 19.4 Å². The van der Waals surface area contributed by atoms with Gasteiger partial charge in [0.05, 0.1) is 29.7 Å². The molecule has 0 saturated heterocycles. The summed E-state index contributed by atoms with van der Waals surface area (Å²) in [6.45, 7) is 2.70. The lowest BCUT2D eigenvalue weighted by Crippen LogP contribution is -2.24. The Morgan fingerprint density at radius 3 is 2.89 bits per heavy atom. The molecule has 2 aromatic rings. The molecule has 0 aliphatic carbocycles. The number of rotatable bonds is 5. The number of halogens is 2. The molecule has 0 amide bonds. The number of aromatic nitrogens is 2. The Hall–Kier alpha value is -1.40. The second kappa shape index (κ2) is 5.97. The van der Waals surface area contributed by atoms with Crippen LogP contribution in [0.25, 0.3) is 0 Å². The highest BCUT2D eigenvalue weighted by atomic mass is 32.1. The Morgan fingerprint density at radius 1 is 1.39 bits per heavy atom. The fraction of sp³-hybridized carbons (Fsp3) is 0.333. The standard InChI is InChI=1S/C12H13F2N3S/c1-2-6-15-12(10-7-16-18-17-10)8-4-3-5-9(13)11(8)14/h3-5,7,12,15H,2,6H2,1H3. The van der Waals surface area contributed by atoms with E-state index in [1.54, 1.807) is 12.3 Å².